The van der Waals surface area contributed by atoms with Crippen LogP contribution in [0.4, 0.5) is 10.3 Å². The summed E-state index contributed by atoms with van der Waals surface area (Å²) >= 11 is 1.32. The molecule has 4 heterocycles. The zero-order valence-electron chi connectivity index (χ0n) is 17.4. The molecule has 0 aliphatic carbocycles. The van der Waals surface area contributed by atoms with Gasteiger partial charge in [-0.1, -0.05) is 19.1 Å². The predicted molar refractivity (Wildman–Crippen MR) is 121 cm³/mol. The summed E-state index contributed by atoms with van der Waals surface area (Å²) in [5.41, 5.74) is 9.32. The van der Waals surface area contributed by atoms with Gasteiger partial charge >= 0.3 is 0 Å². The van der Waals surface area contributed by atoms with Gasteiger partial charge in [-0.25, -0.2) is 8.91 Å². The highest BCUT2D eigenvalue weighted by atomic mass is 32.1. The highest BCUT2D eigenvalue weighted by Crippen LogP contribution is 2.31. The number of carbonyl (C=O) groups excluding carboxylic acids is 1. The maximum absolute atomic E-state index is 13.1. The minimum Gasteiger partial charge on any atom is -0.421 e. The average Bonchev–Trinajstić information content (AvgIpc) is 3.56. The Kier molecular flexibility index (Phi) is 5.31. The summed E-state index contributed by atoms with van der Waals surface area (Å²) in [5.74, 6) is 0.418. The Balaban J connectivity index is 1.43. The largest absolute Gasteiger partial charge is 0.421 e. The van der Waals surface area contributed by atoms with Crippen molar-refractivity contribution in [1.29, 1.82) is 0 Å². The van der Waals surface area contributed by atoms with Gasteiger partial charge in [0.25, 0.3) is 11.8 Å². The van der Waals surface area contributed by atoms with Crippen molar-refractivity contribution in [3.05, 3.63) is 70.1 Å². The first-order chi connectivity index (χ1) is 16.0. The molecule has 0 saturated heterocycles. The Bertz CT molecular complexity index is 1460. The first-order valence-electron chi connectivity index (χ1n) is 10.1. The van der Waals surface area contributed by atoms with Crippen molar-refractivity contribution < 1.29 is 13.6 Å². The van der Waals surface area contributed by atoms with Gasteiger partial charge in [-0.3, -0.25) is 4.79 Å². The highest BCUT2D eigenvalue weighted by Gasteiger charge is 2.18. The van der Waals surface area contributed by atoms with Crippen LogP contribution < -0.4 is 11.1 Å². The molecule has 3 N–H and O–H groups in total. The van der Waals surface area contributed by atoms with Gasteiger partial charge in [-0.15, -0.1) is 26.6 Å². The summed E-state index contributed by atoms with van der Waals surface area (Å²) in [7, 11) is 0. The molecule has 9 nitrogen and oxygen atoms in total. The zero-order chi connectivity index (χ0) is 22.9. The standard InChI is InChI=1S/C22H18FN7O2S/c1-2-18-27-28-21(32-18)16-7-13(10-30-19(16)26-22(24)29-30)14-8-17(33-11-14)20(31)25-9-12-3-5-15(23)6-4-12/h3-8,10-11H,2,9H2,1H3,(H2,24,29)(H,25,31). The molecule has 0 aliphatic heterocycles. The van der Waals surface area contributed by atoms with E-state index in [4.69, 9.17) is 10.2 Å². The molecule has 33 heavy (non-hydrogen) atoms. The molecule has 5 rings (SSSR count). The zero-order valence-corrected chi connectivity index (χ0v) is 18.3. The lowest BCUT2D eigenvalue weighted by molar-refractivity contribution is 0.0955. The number of amides is 1. The summed E-state index contributed by atoms with van der Waals surface area (Å²) in [6, 6.07) is 9.65. The van der Waals surface area contributed by atoms with Gasteiger partial charge in [0, 0.05) is 24.7 Å². The number of fused-ring (bicyclic) bond motifs is 1. The SMILES string of the molecule is CCc1nnc(-c2cc(-c3csc(C(=O)NCc4ccc(F)cc4)c3)cn3nc(N)nc23)o1. The Morgan fingerprint density at radius 3 is 2.79 bits per heavy atom. The number of carbonyl (C=O) groups is 1. The maximum atomic E-state index is 13.1. The summed E-state index contributed by atoms with van der Waals surface area (Å²) in [6.07, 6.45) is 2.39. The van der Waals surface area contributed by atoms with Gasteiger partial charge < -0.3 is 15.5 Å². The van der Waals surface area contributed by atoms with E-state index >= 15 is 0 Å². The average molecular weight is 463 g/mol. The van der Waals surface area contributed by atoms with E-state index < -0.39 is 0 Å². The summed E-state index contributed by atoms with van der Waals surface area (Å²) in [5, 5.41) is 17.1. The molecule has 0 saturated carbocycles. The third kappa shape index (κ3) is 4.17. The molecule has 0 unspecified atom stereocenters. The van der Waals surface area contributed by atoms with E-state index in [-0.39, 0.29) is 17.7 Å². The van der Waals surface area contributed by atoms with Crippen LogP contribution in [0, 0.1) is 5.82 Å². The van der Waals surface area contributed by atoms with E-state index in [1.165, 1.54) is 23.5 Å². The van der Waals surface area contributed by atoms with E-state index in [0.717, 1.165) is 16.7 Å². The number of nitrogens with zero attached hydrogens (tertiary/aromatic N) is 5. The second-order valence-electron chi connectivity index (χ2n) is 7.24. The first kappa shape index (κ1) is 20.8. The quantitative estimate of drug-likeness (QED) is 0.393. The van der Waals surface area contributed by atoms with E-state index in [0.29, 0.717) is 40.8 Å². The third-order valence-corrected chi connectivity index (χ3v) is 5.90. The number of aryl methyl sites for hydroxylation is 1. The number of rotatable bonds is 6. The van der Waals surface area contributed by atoms with Crippen molar-refractivity contribution in [2.24, 2.45) is 0 Å². The molecule has 0 radical (unpaired) electrons. The molecule has 5 aromatic rings. The number of nitrogens with two attached hydrogens (primary N) is 1. The molecule has 0 atom stereocenters. The molecule has 0 spiro atoms. The fourth-order valence-corrected chi connectivity index (χ4v) is 4.13. The molecule has 166 valence electrons. The molecular weight excluding hydrogens is 445 g/mol. The van der Waals surface area contributed by atoms with Crippen LogP contribution in [0.3, 0.4) is 0 Å². The van der Waals surface area contributed by atoms with Gasteiger partial charge in [0.1, 0.15) is 5.82 Å². The lowest BCUT2D eigenvalue weighted by Crippen LogP contribution is -2.21. The lowest BCUT2D eigenvalue weighted by atomic mass is 10.1. The summed E-state index contributed by atoms with van der Waals surface area (Å²) in [4.78, 5) is 17.4. The number of hydrogen-bond acceptors (Lipinski definition) is 8. The second kappa shape index (κ2) is 8.43. The lowest BCUT2D eigenvalue weighted by Gasteiger charge is -2.04. The number of halogens is 1. The molecule has 0 aliphatic rings. The summed E-state index contributed by atoms with van der Waals surface area (Å²) in [6.45, 7) is 2.23. The van der Waals surface area contributed by atoms with Gasteiger partial charge in [0.15, 0.2) is 5.65 Å². The smallest absolute Gasteiger partial charge is 0.261 e. The van der Waals surface area contributed by atoms with Crippen LogP contribution in [0.15, 0.2) is 52.4 Å². The molecule has 4 aromatic heterocycles. The first-order valence-corrected chi connectivity index (χ1v) is 11.0. The summed E-state index contributed by atoms with van der Waals surface area (Å²) < 4.78 is 20.3. The van der Waals surface area contributed by atoms with Crippen LogP contribution in [0.5, 0.6) is 0 Å². The van der Waals surface area contributed by atoms with Crippen molar-refractivity contribution in [1.82, 2.24) is 30.1 Å². The minimum absolute atomic E-state index is 0.120. The van der Waals surface area contributed by atoms with Crippen molar-refractivity contribution in [3.63, 3.8) is 0 Å². The highest BCUT2D eigenvalue weighted by molar-refractivity contribution is 7.12. The van der Waals surface area contributed by atoms with Crippen LogP contribution >= 0.6 is 11.3 Å². The van der Waals surface area contributed by atoms with Crippen molar-refractivity contribution >= 4 is 28.8 Å². The van der Waals surface area contributed by atoms with Crippen LogP contribution in [-0.2, 0) is 13.0 Å². The Morgan fingerprint density at radius 2 is 2.03 bits per heavy atom. The number of anilines is 1. The topological polar surface area (TPSA) is 124 Å². The molecule has 1 aromatic carbocycles. The van der Waals surface area contributed by atoms with Gasteiger partial charge in [0.05, 0.1) is 10.4 Å². The van der Waals surface area contributed by atoms with E-state index in [2.05, 4.69) is 25.6 Å². The monoisotopic (exact) mass is 463 g/mol. The Hall–Kier alpha value is -4.12. The number of aromatic nitrogens is 5. The maximum Gasteiger partial charge on any atom is 0.261 e. The predicted octanol–water partition coefficient (Wildman–Crippen LogP) is 3.72. The Morgan fingerprint density at radius 1 is 1.21 bits per heavy atom. The number of nitrogens with one attached hydrogen (secondary N) is 1. The number of nitrogen functional groups attached to an aromatic ring is 1. The van der Waals surface area contributed by atoms with Crippen LogP contribution in [0.2, 0.25) is 0 Å². The Labute approximate surface area is 191 Å². The van der Waals surface area contributed by atoms with Crippen LogP contribution in [-0.4, -0.2) is 30.7 Å². The minimum atomic E-state index is -0.315. The molecule has 0 fully saturated rings. The van der Waals surface area contributed by atoms with E-state index in [1.807, 2.05) is 18.4 Å². The van der Waals surface area contributed by atoms with Gasteiger partial charge in [-0.2, -0.15) is 4.98 Å². The van der Waals surface area contributed by atoms with Gasteiger partial charge in [-0.05, 0) is 40.8 Å². The fourth-order valence-electron chi connectivity index (χ4n) is 3.30. The van der Waals surface area contributed by atoms with E-state index in [9.17, 15) is 9.18 Å². The van der Waals surface area contributed by atoms with Crippen LogP contribution in [0.25, 0.3) is 28.2 Å². The third-order valence-electron chi connectivity index (χ3n) is 4.97. The molecular formula is C22H18FN7O2S. The molecule has 11 heteroatoms. The van der Waals surface area contributed by atoms with Crippen molar-refractivity contribution in [2.45, 2.75) is 19.9 Å². The van der Waals surface area contributed by atoms with E-state index in [1.54, 1.807) is 28.9 Å². The van der Waals surface area contributed by atoms with Crippen molar-refractivity contribution in [2.75, 3.05) is 5.73 Å². The number of thiophene rings is 1. The molecule has 0 bridgehead atoms. The normalized spacial score (nSPS) is 11.2. The van der Waals surface area contributed by atoms with Crippen LogP contribution in [0.1, 0.15) is 28.0 Å². The number of pyridine rings is 1. The fraction of sp³-hybridized carbons (Fsp3) is 0.136. The second-order valence-corrected chi connectivity index (χ2v) is 8.16. The number of benzene rings is 1. The number of hydrogen-bond donors (Lipinski definition) is 2. The van der Waals surface area contributed by atoms with Crippen molar-refractivity contribution in [3.8, 4) is 22.6 Å². The van der Waals surface area contributed by atoms with Gasteiger partial charge in [0.2, 0.25) is 11.8 Å². The molecule has 1 amide bonds.